The Kier molecular flexibility index (Phi) is 4.03. The second-order valence-electron chi connectivity index (χ2n) is 5.51. The van der Waals surface area contributed by atoms with Gasteiger partial charge in [0.05, 0.1) is 0 Å². The Bertz CT molecular complexity index is 505. The zero-order chi connectivity index (χ0) is 14.0. The van der Waals surface area contributed by atoms with Crippen LogP contribution in [0.25, 0.3) is 0 Å². The van der Waals surface area contributed by atoms with Crippen molar-refractivity contribution in [2.45, 2.75) is 40.0 Å². The first-order valence-electron chi connectivity index (χ1n) is 6.99. The molecule has 102 valence electrons. The molecule has 1 amide bonds. The summed E-state index contributed by atoms with van der Waals surface area (Å²) in [5, 5.41) is 0. The number of fused-ring (bicyclic) bond motifs is 1. The van der Waals surface area contributed by atoms with Crippen molar-refractivity contribution in [1.29, 1.82) is 0 Å². The van der Waals surface area contributed by atoms with Gasteiger partial charge in [0, 0.05) is 30.6 Å². The molecule has 0 unspecified atom stereocenters. The quantitative estimate of drug-likeness (QED) is 0.779. The molecule has 0 saturated heterocycles. The molecule has 2 rings (SSSR count). The van der Waals surface area contributed by atoms with E-state index in [1.807, 2.05) is 30.0 Å². The Morgan fingerprint density at radius 3 is 2.68 bits per heavy atom. The molecule has 3 heteroatoms. The van der Waals surface area contributed by atoms with Crippen LogP contribution in [0.1, 0.15) is 49.5 Å². The summed E-state index contributed by atoms with van der Waals surface area (Å²) in [7, 11) is 0. The van der Waals surface area contributed by atoms with E-state index in [4.69, 9.17) is 0 Å². The van der Waals surface area contributed by atoms with E-state index in [9.17, 15) is 9.59 Å². The largest absolute Gasteiger partial charge is 0.312 e. The lowest BCUT2D eigenvalue weighted by molar-refractivity contribution is -0.119. The Morgan fingerprint density at radius 2 is 2.05 bits per heavy atom. The molecule has 1 aromatic carbocycles. The van der Waals surface area contributed by atoms with Crippen molar-refractivity contribution in [2.75, 3.05) is 11.4 Å². The minimum Gasteiger partial charge on any atom is -0.312 e. The lowest BCUT2D eigenvalue weighted by Gasteiger charge is -2.18. The Balaban J connectivity index is 2.22. The van der Waals surface area contributed by atoms with Crippen molar-refractivity contribution in [1.82, 2.24) is 0 Å². The standard InChI is InChI=1S/C16H21NO2/c1-4-15(18)13-5-6-14-12(10-13)7-8-17(14)16(19)9-11(2)3/h5-6,10-11H,4,7-9H2,1-3H3. The van der Waals surface area contributed by atoms with E-state index in [0.29, 0.717) is 18.8 Å². The van der Waals surface area contributed by atoms with E-state index in [1.165, 1.54) is 0 Å². The van der Waals surface area contributed by atoms with Crippen LogP contribution >= 0.6 is 0 Å². The van der Waals surface area contributed by atoms with Gasteiger partial charge in [-0.2, -0.15) is 0 Å². The summed E-state index contributed by atoms with van der Waals surface area (Å²) < 4.78 is 0. The summed E-state index contributed by atoms with van der Waals surface area (Å²) in [6.07, 6.45) is 1.95. The van der Waals surface area contributed by atoms with Crippen molar-refractivity contribution in [2.24, 2.45) is 5.92 Å². The van der Waals surface area contributed by atoms with Crippen LogP contribution in [0, 0.1) is 5.92 Å². The van der Waals surface area contributed by atoms with Crippen molar-refractivity contribution in [3.63, 3.8) is 0 Å². The lowest BCUT2D eigenvalue weighted by atomic mass is 10.0. The molecular weight excluding hydrogens is 238 g/mol. The maximum absolute atomic E-state index is 12.2. The number of Topliss-reactive ketones (excluding diaryl/α,β-unsaturated/α-hetero) is 1. The van der Waals surface area contributed by atoms with Crippen molar-refractivity contribution in [3.8, 4) is 0 Å². The number of hydrogen-bond acceptors (Lipinski definition) is 2. The second-order valence-corrected chi connectivity index (χ2v) is 5.51. The summed E-state index contributed by atoms with van der Waals surface area (Å²) in [6.45, 7) is 6.72. The normalized spacial score (nSPS) is 13.8. The van der Waals surface area contributed by atoms with Crippen LogP contribution in [-0.4, -0.2) is 18.2 Å². The second kappa shape index (κ2) is 5.55. The van der Waals surface area contributed by atoms with Gasteiger partial charge in [0.1, 0.15) is 0 Å². The predicted molar refractivity (Wildman–Crippen MR) is 76.6 cm³/mol. The van der Waals surface area contributed by atoms with E-state index >= 15 is 0 Å². The summed E-state index contributed by atoms with van der Waals surface area (Å²) in [6, 6.07) is 5.71. The minimum absolute atomic E-state index is 0.162. The number of carbonyl (C=O) groups excluding carboxylic acids is 2. The summed E-state index contributed by atoms with van der Waals surface area (Å²) >= 11 is 0. The molecule has 0 spiro atoms. The van der Waals surface area contributed by atoms with Crippen molar-refractivity contribution < 1.29 is 9.59 Å². The molecule has 0 N–H and O–H groups in total. The SMILES string of the molecule is CCC(=O)c1ccc2c(c1)CCN2C(=O)CC(C)C. The molecule has 1 aliphatic rings. The van der Waals surface area contributed by atoms with Gasteiger partial charge in [0.2, 0.25) is 5.91 Å². The van der Waals surface area contributed by atoms with Crippen LogP contribution in [0.5, 0.6) is 0 Å². The molecule has 1 heterocycles. The third kappa shape index (κ3) is 2.86. The topological polar surface area (TPSA) is 37.4 Å². The van der Waals surface area contributed by atoms with Gasteiger partial charge in [-0.1, -0.05) is 20.8 Å². The summed E-state index contributed by atoms with van der Waals surface area (Å²) in [4.78, 5) is 25.7. The number of ketones is 1. The molecule has 0 fully saturated rings. The fraction of sp³-hybridized carbons (Fsp3) is 0.500. The van der Waals surface area contributed by atoms with Gasteiger partial charge >= 0.3 is 0 Å². The fourth-order valence-corrected chi connectivity index (χ4v) is 2.50. The Morgan fingerprint density at radius 1 is 1.32 bits per heavy atom. The van der Waals surface area contributed by atoms with Crippen LogP contribution in [0.2, 0.25) is 0 Å². The first-order chi connectivity index (χ1) is 9.02. The zero-order valence-electron chi connectivity index (χ0n) is 11.9. The zero-order valence-corrected chi connectivity index (χ0v) is 11.9. The first kappa shape index (κ1) is 13.8. The molecule has 0 radical (unpaired) electrons. The van der Waals surface area contributed by atoms with Gasteiger partial charge in [0.15, 0.2) is 5.78 Å². The average molecular weight is 259 g/mol. The average Bonchev–Trinajstić information content (AvgIpc) is 2.79. The molecule has 0 aromatic heterocycles. The van der Waals surface area contributed by atoms with Gasteiger partial charge < -0.3 is 4.90 Å². The van der Waals surface area contributed by atoms with E-state index in [0.717, 1.165) is 29.8 Å². The number of nitrogens with zero attached hydrogens (tertiary/aromatic N) is 1. The third-order valence-electron chi connectivity index (χ3n) is 3.50. The summed E-state index contributed by atoms with van der Waals surface area (Å²) in [5.74, 6) is 0.718. The van der Waals surface area contributed by atoms with Crippen molar-refractivity contribution >= 4 is 17.4 Å². The van der Waals surface area contributed by atoms with E-state index in [1.54, 1.807) is 0 Å². The lowest BCUT2D eigenvalue weighted by Crippen LogP contribution is -2.29. The van der Waals surface area contributed by atoms with E-state index < -0.39 is 0 Å². The van der Waals surface area contributed by atoms with Crippen LogP contribution in [0.15, 0.2) is 18.2 Å². The number of benzene rings is 1. The van der Waals surface area contributed by atoms with Gasteiger partial charge in [0.25, 0.3) is 0 Å². The van der Waals surface area contributed by atoms with Gasteiger partial charge in [-0.3, -0.25) is 9.59 Å². The summed E-state index contributed by atoms with van der Waals surface area (Å²) in [5.41, 5.74) is 2.87. The number of amides is 1. The highest BCUT2D eigenvalue weighted by Crippen LogP contribution is 2.30. The number of hydrogen-bond donors (Lipinski definition) is 0. The molecule has 3 nitrogen and oxygen atoms in total. The highest BCUT2D eigenvalue weighted by Gasteiger charge is 2.25. The van der Waals surface area contributed by atoms with Crippen LogP contribution in [0.3, 0.4) is 0 Å². The Hall–Kier alpha value is -1.64. The number of anilines is 1. The highest BCUT2D eigenvalue weighted by atomic mass is 16.2. The molecule has 0 aliphatic carbocycles. The first-order valence-corrected chi connectivity index (χ1v) is 6.99. The molecule has 0 atom stereocenters. The molecule has 0 bridgehead atoms. The monoisotopic (exact) mass is 259 g/mol. The fourth-order valence-electron chi connectivity index (χ4n) is 2.50. The molecule has 0 saturated carbocycles. The van der Waals surface area contributed by atoms with Crippen molar-refractivity contribution in [3.05, 3.63) is 29.3 Å². The minimum atomic E-state index is 0.162. The van der Waals surface area contributed by atoms with Gasteiger partial charge in [-0.15, -0.1) is 0 Å². The van der Waals surface area contributed by atoms with Crippen LogP contribution < -0.4 is 4.90 Å². The molecule has 19 heavy (non-hydrogen) atoms. The number of rotatable bonds is 4. The van der Waals surface area contributed by atoms with Crippen LogP contribution in [-0.2, 0) is 11.2 Å². The third-order valence-corrected chi connectivity index (χ3v) is 3.50. The van der Waals surface area contributed by atoms with E-state index in [2.05, 4.69) is 13.8 Å². The van der Waals surface area contributed by atoms with Gasteiger partial charge in [-0.05, 0) is 36.1 Å². The van der Waals surface area contributed by atoms with Crippen LogP contribution in [0.4, 0.5) is 5.69 Å². The smallest absolute Gasteiger partial charge is 0.227 e. The van der Waals surface area contributed by atoms with E-state index in [-0.39, 0.29) is 11.7 Å². The maximum Gasteiger partial charge on any atom is 0.227 e. The van der Waals surface area contributed by atoms with Gasteiger partial charge in [-0.25, -0.2) is 0 Å². The molecule has 1 aliphatic heterocycles. The Labute approximate surface area is 114 Å². The predicted octanol–water partition coefficient (Wildman–Crippen LogP) is 3.21. The number of carbonyl (C=O) groups is 2. The highest BCUT2D eigenvalue weighted by molar-refractivity contribution is 5.99. The molecular formula is C16H21NO2. The molecule has 1 aromatic rings. The maximum atomic E-state index is 12.2.